The van der Waals surface area contributed by atoms with Crippen molar-refractivity contribution in [3.63, 3.8) is 0 Å². The van der Waals surface area contributed by atoms with Crippen LogP contribution in [0.1, 0.15) is 32.1 Å². The highest BCUT2D eigenvalue weighted by atomic mass is 31.2. The normalized spacial score (nSPS) is 20.8. The summed E-state index contributed by atoms with van der Waals surface area (Å²) < 4.78 is 18.4. The molecule has 0 heterocycles. The standard InChI is InChI=1S/C14H21O2P/c1-16-13-10-6-7-11-14(13)17(2,15)12-8-4-3-5-9-12/h6-7,10-12H,3-5,8-9H2,1-2H3. The Hall–Kier alpha value is -0.750. The van der Waals surface area contributed by atoms with E-state index in [9.17, 15) is 4.57 Å². The van der Waals surface area contributed by atoms with Crippen LogP contribution in [0.25, 0.3) is 0 Å². The van der Waals surface area contributed by atoms with E-state index in [2.05, 4.69) is 0 Å². The van der Waals surface area contributed by atoms with Crippen molar-refractivity contribution in [1.82, 2.24) is 0 Å². The van der Waals surface area contributed by atoms with E-state index in [-0.39, 0.29) is 0 Å². The second kappa shape index (κ2) is 5.27. The Morgan fingerprint density at radius 2 is 1.82 bits per heavy atom. The third-order valence-electron chi connectivity index (χ3n) is 3.83. The molecular formula is C14H21O2P. The van der Waals surface area contributed by atoms with E-state index in [4.69, 9.17) is 4.74 Å². The first-order valence-electron chi connectivity index (χ1n) is 6.37. The topological polar surface area (TPSA) is 26.3 Å². The number of para-hydroxylation sites is 1. The van der Waals surface area contributed by atoms with E-state index in [1.165, 1.54) is 19.3 Å². The van der Waals surface area contributed by atoms with Crippen LogP contribution in [0.5, 0.6) is 5.75 Å². The largest absolute Gasteiger partial charge is 0.496 e. The highest BCUT2D eigenvalue weighted by Crippen LogP contribution is 2.53. The average molecular weight is 252 g/mol. The van der Waals surface area contributed by atoms with Crippen LogP contribution in [0.15, 0.2) is 24.3 Å². The van der Waals surface area contributed by atoms with Crippen LogP contribution in [0.3, 0.4) is 0 Å². The second-order valence-electron chi connectivity index (χ2n) is 4.95. The zero-order valence-electron chi connectivity index (χ0n) is 10.7. The SMILES string of the molecule is COc1ccccc1P(C)(=O)C1CCCCC1. The summed E-state index contributed by atoms with van der Waals surface area (Å²) in [5.74, 6) is 0.781. The smallest absolute Gasteiger partial charge is 0.129 e. The second-order valence-corrected chi connectivity index (χ2v) is 8.15. The molecule has 94 valence electrons. The molecule has 1 saturated carbocycles. The Bertz CT molecular complexity index is 422. The number of benzene rings is 1. The molecule has 1 aliphatic rings. The minimum Gasteiger partial charge on any atom is -0.496 e. The molecule has 0 amide bonds. The third-order valence-corrected chi connectivity index (χ3v) is 7.07. The van der Waals surface area contributed by atoms with Crippen molar-refractivity contribution in [2.45, 2.75) is 37.8 Å². The molecule has 0 aromatic heterocycles. The molecule has 2 nitrogen and oxygen atoms in total. The van der Waals surface area contributed by atoms with Crippen LogP contribution >= 0.6 is 7.14 Å². The van der Waals surface area contributed by atoms with Gasteiger partial charge in [0.1, 0.15) is 12.9 Å². The zero-order valence-corrected chi connectivity index (χ0v) is 11.6. The van der Waals surface area contributed by atoms with Gasteiger partial charge in [-0.3, -0.25) is 0 Å². The van der Waals surface area contributed by atoms with Gasteiger partial charge in [0.2, 0.25) is 0 Å². The highest BCUT2D eigenvalue weighted by molar-refractivity contribution is 7.71. The first-order chi connectivity index (χ1) is 8.16. The van der Waals surface area contributed by atoms with E-state index in [0.29, 0.717) is 5.66 Å². The van der Waals surface area contributed by atoms with Gasteiger partial charge in [0.15, 0.2) is 0 Å². The van der Waals surface area contributed by atoms with Crippen molar-refractivity contribution in [1.29, 1.82) is 0 Å². The fourth-order valence-electron chi connectivity index (χ4n) is 2.77. The fourth-order valence-corrected chi connectivity index (χ4v) is 5.50. The molecular weight excluding hydrogens is 231 g/mol. The molecule has 1 atom stereocenters. The zero-order chi connectivity index (χ0) is 12.3. The first kappa shape index (κ1) is 12.7. The summed E-state index contributed by atoms with van der Waals surface area (Å²) in [4.78, 5) is 0. The van der Waals surface area contributed by atoms with Crippen LogP contribution < -0.4 is 10.0 Å². The van der Waals surface area contributed by atoms with Gasteiger partial charge in [0, 0.05) is 5.66 Å². The molecule has 0 bridgehead atoms. The molecule has 17 heavy (non-hydrogen) atoms. The maximum atomic E-state index is 13.1. The molecule has 0 spiro atoms. The van der Waals surface area contributed by atoms with Crippen molar-refractivity contribution in [2.24, 2.45) is 0 Å². The molecule has 1 unspecified atom stereocenters. The van der Waals surface area contributed by atoms with Crippen molar-refractivity contribution in [3.8, 4) is 5.75 Å². The Kier molecular flexibility index (Phi) is 3.93. The van der Waals surface area contributed by atoms with E-state index in [1.54, 1.807) is 7.11 Å². The summed E-state index contributed by atoms with van der Waals surface area (Å²) >= 11 is 0. The third kappa shape index (κ3) is 2.57. The van der Waals surface area contributed by atoms with Gasteiger partial charge in [0.05, 0.1) is 12.4 Å². The maximum absolute atomic E-state index is 13.1. The van der Waals surface area contributed by atoms with E-state index < -0.39 is 7.14 Å². The van der Waals surface area contributed by atoms with Crippen molar-refractivity contribution < 1.29 is 9.30 Å². The number of hydrogen-bond acceptors (Lipinski definition) is 2. The lowest BCUT2D eigenvalue weighted by Gasteiger charge is -2.29. The van der Waals surface area contributed by atoms with Crippen molar-refractivity contribution in [3.05, 3.63) is 24.3 Å². The summed E-state index contributed by atoms with van der Waals surface area (Å²) in [5, 5.41) is 0.925. The van der Waals surface area contributed by atoms with Gasteiger partial charge in [-0.2, -0.15) is 0 Å². The predicted octanol–water partition coefficient (Wildman–Crippen LogP) is 3.65. The lowest BCUT2D eigenvalue weighted by atomic mass is 10.0. The van der Waals surface area contributed by atoms with E-state index >= 15 is 0 Å². The number of methoxy groups -OCH3 is 1. The highest BCUT2D eigenvalue weighted by Gasteiger charge is 2.32. The summed E-state index contributed by atoms with van der Waals surface area (Å²) in [7, 11) is -0.647. The van der Waals surface area contributed by atoms with Gasteiger partial charge in [-0.25, -0.2) is 0 Å². The fraction of sp³-hybridized carbons (Fsp3) is 0.571. The molecule has 0 N–H and O–H groups in total. The summed E-state index contributed by atoms with van der Waals surface area (Å²) in [6, 6.07) is 7.77. The Morgan fingerprint density at radius 1 is 1.18 bits per heavy atom. The molecule has 1 fully saturated rings. The summed E-state index contributed by atoms with van der Waals surface area (Å²) in [6.45, 7) is 1.93. The first-order valence-corrected chi connectivity index (χ1v) is 8.59. The quantitative estimate of drug-likeness (QED) is 0.768. The Labute approximate surface area is 104 Å². The van der Waals surface area contributed by atoms with Gasteiger partial charge in [-0.1, -0.05) is 31.4 Å². The number of ether oxygens (including phenoxy) is 1. The molecule has 3 heteroatoms. The predicted molar refractivity (Wildman–Crippen MR) is 73.0 cm³/mol. The van der Waals surface area contributed by atoms with Gasteiger partial charge in [0.25, 0.3) is 0 Å². The number of hydrogen-bond donors (Lipinski definition) is 0. The van der Waals surface area contributed by atoms with Crippen LogP contribution in [0.4, 0.5) is 0 Å². The average Bonchev–Trinajstić information content (AvgIpc) is 2.39. The molecule has 1 aliphatic carbocycles. The molecule has 1 aromatic rings. The Morgan fingerprint density at radius 3 is 2.47 bits per heavy atom. The van der Waals surface area contributed by atoms with E-state index in [1.807, 2.05) is 30.9 Å². The summed E-state index contributed by atoms with van der Waals surface area (Å²) in [6.07, 6.45) is 5.94. The van der Waals surface area contributed by atoms with Crippen LogP contribution in [0.2, 0.25) is 0 Å². The van der Waals surface area contributed by atoms with Gasteiger partial charge in [-0.15, -0.1) is 0 Å². The lowest BCUT2D eigenvalue weighted by molar-refractivity contribution is 0.417. The number of rotatable bonds is 3. The molecule has 0 radical (unpaired) electrons. The van der Waals surface area contributed by atoms with E-state index in [0.717, 1.165) is 23.9 Å². The van der Waals surface area contributed by atoms with Gasteiger partial charge < -0.3 is 9.30 Å². The van der Waals surface area contributed by atoms with Crippen molar-refractivity contribution in [2.75, 3.05) is 13.8 Å². The van der Waals surface area contributed by atoms with Gasteiger partial charge >= 0.3 is 0 Å². The monoisotopic (exact) mass is 252 g/mol. The summed E-state index contributed by atoms with van der Waals surface area (Å²) in [5.41, 5.74) is 0.354. The van der Waals surface area contributed by atoms with Crippen LogP contribution in [-0.4, -0.2) is 19.4 Å². The molecule has 0 aliphatic heterocycles. The molecule has 2 rings (SSSR count). The maximum Gasteiger partial charge on any atom is 0.129 e. The van der Waals surface area contributed by atoms with Crippen LogP contribution in [-0.2, 0) is 4.57 Å². The van der Waals surface area contributed by atoms with Crippen LogP contribution in [0, 0.1) is 0 Å². The Balaban J connectivity index is 2.32. The minimum atomic E-state index is -2.30. The van der Waals surface area contributed by atoms with Gasteiger partial charge in [-0.05, 0) is 31.6 Å². The van der Waals surface area contributed by atoms with Crippen molar-refractivity contribution >= 4 is 12.4 Å². The molecule has 1 aromatic carbocycles. The lowest BCUT2D eigenvalue weighted by Crippen LogP contribution is -2.20. The molecule has 0 saturated heterocycles. The minimum absolute atomic E-state index is 0.354.